The van der Waals surface area contributed by atoms with Gasteiger partial charge in [-0.05, 0) is 50.1 Å². The Morgan fingerprint density at radius 2 is 1.92 bits per heavy atom. The number of ether oxygens (including phenoxy) is 1. The van der Waals surface area contributed by atoms with Crippen molar-refractivity contribution in [1.29, 1.82) is 0 Å². The van der Waals surface area contributed by atoms with Gasteiger partial charge in [-0.1, -0.05) is 60.4 Å². The third kappa shape index (κ3) is 5.54. The summed E-state index contributed by atoms with van der Waals surface area (Å²) in [6.45, 7) is 8.87. The highest BCUT2D eigenvalue weighted by atomic mass is 32.2. The van der Waals surface area contributed by atoms with Gasteiger partial charge in [0.25, 0.3) is 11.5 Å². The van der Waals surface area contributed by atoms with Gasteiger partial charge in [0.1, 0.15) is 15.8 Å². The van der Waals surface area contributed by atoms with E-state index in [2.05, 4.69) is 10.2 Å². The van der Waals surface area contributed by atoms with Gasteiger partial charge in [0, 0.05) is 25.8 Å². The van der Waals surface area contributed by atoms with Crippen LogP contribution in [0, 0.1) is 6.92 Å². The molecule has 2 fully saturated rings. The highest BCUT2D eigenvalue weighted by molar-refractivity contribution is 8.26. The number of thiocarbonyl (C=S) groups is 1. The molecule has 2 aliphatic heterocycles. The van der Waals surface area contributed by atoms with E-state index in [4.69, 9.17) is 21.9 Å². The molecule has 1 N–H and O–H groups in total. The number of benzene rings is 1. The van der Waals surface area contributed by atoms with E-state index in [1.165, 1.54) is 16.2 Å². The van der Waals surface area contributed by atoms with E-state index in [9.17, 15) is 9.59 Å². The van der Waals surface area contributed by atoms with Crippen molar-refractivity contribution in [3.05, 3.63) is 80.6 Å². The van der Waals surface area contributed by atoms with E-state index in [1.807, 2.05) is 56.3 Å². The molecule has 1 unspecified atom stereocenters. The molecule has 0 aliphatic carbocycles. The van der Waals surface area contributed by atoms with E-state index in [0.29, 0.717) is 32.8 Å². The molecule has 5 rings (SSSR count). The molecule has 1 atom stereocenters. The molecule has 0 spiro atoms. The van der Waals surface area contributed by atoms with Gasteiger partial charge in [-0.25, -0.2) is 4.98 Å². The summed E-state index contributed by atoms with van der Waals surface area (Å²) >= 11 is 6.81. The number of morpholine rings is 1. The molecule has 1 aromatic carbocycles. The molecule has 2 aromatic heterocycles. The zero-order valence-electron chi connectivity index (χ0n) is 21.6. The van der Waals surface area contributed by atoms with Crippen molar-refractivity contribution in [3.63, 3.8) is 0 Å². The number of thioether (sulfide) groups is 1. The Morgan fingerprint density at radius 1 is 1.16 bits per heavy atom. The van der Waals surface area contributed by atoms with Crippen LogP contribution in [0.4, 0.5) is 5.82 Å². The number of nitrogens with one attached hydrogen (secondary N) is 1. The first-order valence-electron chi connectivity index (χ1n) is 12.8. The molecule has 198 valence electrons. The molecule has 1 amide bonds. The van der Waals surface area contributed by atoms with Crippen LogP contribution >= 0.6 is 24.0 Å². The number of fused-ring (bicyclic) bond motifs is 1. The number of pyridine rings is 1. The molecular weight excluding hydrogens is 518 g/mol. The fourth-order valence-corrected chi connectivity index (χ4v) is 6.14. The van der Waals surface area contributed by atoms with E-state index in [-0.39, 0.29) is 17.5 Å². The monoisotopic (exact) mass is 549 g/mol. The maximum Gasteiger partial charge on any atom is 0.267 e. The van der Waals surface area contributed by atoms with Crippen molar-refractivity contribution in [2.24, 2.45) is 0 Å². The minimum Gasteiger partial charge on any atom is -0.379 e. The number of anilines is 1. The van der Waals surface area contributed by atoms with E-state index in [1.54, 1.807) is 17.2 Å². The SMILES string of the molecule is Cc1cccn2c(=O)c(C=C3SC(=S)N(C(C)c4ccccc4)C3=O)c(NCCCN3CCOCC3)nc12. The highest BCUT2D eigenvalue weighted by Crippen LogP contribution is 2.38. The van der Waals surface area contributed by atoms with Crippen molar-refractivity contribution < 1.29 is 9.53 Å². The van der Waals surface area contributed by atoms with Gasteiger partial charge in [-0.2, -0.15) is 0 Å². The van der Waals surface area contributed by atoms with Crippen molar-refractivity contribution >= 4 is 51.7 Å². The van der Waals surface area contributed by atoms with Gasteiger partial charge >= 0.3 is 0 Å². The Kier molecular flexibility index (Phi) is 8.23. The summed E-state index contributed by atoms with van der Waals surface area (Å²) in [4.78, 5) is 36.4. The van der Waals surface area contributed by atoms with Gasteiger partial charge in [0.2, 0.25) is 0 Å². The Balaban J connectivity index is 1.44. The maximum absolute atomic E-state index is 13.6. The molecule has 0 saturated carbocycles. The van der Waals surface area contributed by atoms with Crippen LogP contribution in [0.1, 0.15) is 36.1 Å². The minimum absolute atomic E-state index is 0.205. The number of rotatable bonds is 8. The van der Waals surface area contributed by atoms with Crippen molar-refractivity contribution in [1.82, 2.24) is 19.2 Å². The Morgan fingerprint density at radius 3 is 2.68 bits per heavy atom. The lowest BCUT2D eigenvalue weighted by atomic mass is 10.1. The molecule has 38 heavy (non-hydrogen) atoms. The number of aryl methyl sites for hydroxylation is 1. The van der Waals surface area contributed by atoms with Crippen LogP contribution < -0.4 is 10.9 Å². The van der Waals surface area contributed by atoms with Gasteiger partial charge in [0.15, 0.2) is 0 Å². The molecule has 2 aliphatic rings. The molecule has 0 bridgehead atoms. The number of hydrogen-bond acceptors (Lipinski definition) is 8. The minimum atomic E-state index is -0.226. The van der Waals surface area contributed by atoms with Crippen molar-refractivity contribution in [2.75, 3.05) is 44.7 Å². The predicted octanol–water partition coefficient (Wildman–Crippen LogP) is 4.10. The molecule has 10 heteroatoms. The second-order valence-electron chi connectivity index (χ2n) is 9.44. The van der Waals surface area contributed by atoms with Gasteiger partial charge < -0.3 is 10.1 Å². The van der Waals surface area contributed by atoms with E-state index < -0.39 is 0 Å². The number of aromatic nitrogens is 2. The summed E-state index contributed by atoms with van der Waals surface area (Å²) < 4.78 is 7.44. The van der Waals surface area contributed by atoms with Gasteiger partial charge in [0.05, 0.1) is 29.7 Å². The lowest BCUT2D eigenvalue weighted by Crippen LogP contribution is -2.37. The quantitative estimate of drug-likeness (QED) is 0.256. The van der Waals surface area contributed by atoms with E-state index >= 15 is 0 Å². The summed E-state index contributed by atoms with van der Waals surface area (Å²) in [7, 11) is 0. The van der Waals surface area contributed by atoms with Crippen LogP contribution in [0.3, 0.4) is 0 Å². The number of carbonyl (C=O) groups excluding carboxylic acids is 1. The fourth-order valence-electron chi connectivity index (χ4n) is 4.74. The molecular formula is C28H31N5O3S2. The van der Waals surface area contributed by atoms with Crippen LogP contribution in [0.15, 0.2) is 58.4 Å². The second kappa shape index (κ2) is 11.8. The zero-order valence-corrected chi connectivity index (χ0v) is 23.2. The number of nitrogens with zero attached hydrogens (tertiary/aromatic N) is 4. The first-order chi connectivity index (χ1) is 18.4. The van der Waals surface area contributed by atoms with Crippen LogP contribution in [-0.4, -0.2) is 68.8 Å². The normalized spacial score (nSPS) is 18.5. The lowest BCUT2D eigenvalue weighted by Gasteiger charge is -2.26. The molecule has 4 heterocycles. The fraction of sp³-hybridized carbons (Fsp3) is 0.357. The third-order valence-corrected chi connectivity index (χ3v) is 8.23. The average molecular weight is 550 g/mol. The summed E-state index contributed by atoms with van der Waals surface area (Å²) in [6, 6.07) is 13.3. The molecule has 0 radical (unpaired) electrons. The topological polar surface area (TPSA) is 79.2 Å². The Labute approximate surface area is 231 Å². The third-order valence-electron chi connectivity index (χ3n) is 6.90. The lowest BCUT2D eigenvalue weighted by molar-refractivity contribution is -0.123. The van der Waals surface area contributed by atoms with Crippen molar-refractivity contribution in [2.45, 2.75) is 26.3 Å². The predicted molar refractivity (Wildman–Crippen MR) is 156 cm³/mol. The molecule has 3 aromatic rings. The van der Waals surface area contributed by atoms with Crippen LogP contribution in [0.2, 0.25) is 0 Å². The molecule has 8 nitrogen and oxygen atoms in total. The van der Waals surface area contributed by atoms with Crippen LogP contribution in [-0.2, 0) is 9.53 Å². The molecule has 2 saturated heterocycles. The maximum atomic E-state index is 13.6. The largest absolute Gasteiger partial charge is 0.379 e. The summed E-state index contributed by atoms with van der Waals surface area (Å²) in [6.07, 6.45) is 4.25. The zero-order chi connectivity index (χ0) is 26.6. The Bertz CT molecular complexity index is 1430. The summed E-state index contributed by atoms with van der Waals surface area (Å²) in [5.41, 5.74) is 2.62. The average Bonchev–Trinajstić information content (AvgIpc) is 3.22. The van der Waals surface area contributed by atoms with Crippen LogP contribution in [0.25, 0.3) is 11.7 Å². The number of hydrogen-bond donors (Lipinski definition) is 1. The van der Waals surface area contributed by atoms with Gasteiger partial charge in [-0.15, -0.1) is 0 Å². The summed E-state index contributed by atoms with van der Waals surface area (Å²) in [5, 5.41) is 3.38. The van der Waals surface area contributed by atoms with Crippen molar-refractivity contribution in [3.8, 4) is 0 Å². The second-order valence-corrected chi connectivity index (χ2v) is 11.1. The van der Waals surface area contributed by atoms with Gasteiger partial charge in [-0.3, -0.25) is 23.8 Å². The first-order valence-corrected chi connectivity index (χ1v) is 14.0. The van der Waals surface area contributed by atoms with Crippen LogP contribution in [0.5, 0.6) is 0 Å². The number of carbonyl (C=O) groups is 1. The number of amides is 1. The van der Waals surface area contributed by atoms with E-state index in [0.717, 1.165) is 50.4 Å². The highest BCUT2D eigenvalue weighted by Gasteiger charge is 2.36. The summed E-state index contributed by atoms with van der Waals surface area (Å²) in [5.74, 6) is 0.274. The Hall–Kier alpha value is -3.05. The standard InChI is InChI=1S/C28H31N5O3S2/c1-19-8-6-13-32-25(19)30-24(29-11-7-12-31-14-16-36-17-15-31)22(26(32)34)18-23-27(35)33(28(37)38-23)20(2)21-9-4-3-5-10-21/h3-6,8-10,13,18,20,29H,7,11-12,14-17H2,1-2H3. The smallest absolute Gasteiger partial charge is 0.267 e. The first kappa shape index (κ1) is 26.6.